The van der Waals surface area contributed by atoms with Gasteiger partial charge in [0.05, 0.1) is 20.0 Å². The van der Waals surface area contributed by atoms with E-state index in [9.17, 15) is 33.6 Å². The molecule has 0 atom stereocenters. The van der Waals surface area contributed by atoms with Gasteiger partial charge in [-0.25, -0.2) is 24.5 Å². The molecule has 20 nitrogen and oxygen atoms in total. The van der Waals surface area contributed by atoms with Gasteiger partial charge in [-0.15, -0.1) is 0 Å². The summed E-state index contributed by atoms with van der Waals surface area (Å²) in [5, 5.41) is 5.14. The molecule has 0 radical (unpaired) electrons. The second-order valence-electron chi connectivity index (χ2n) is 11.5. The lowest BCUT2D eigenvalue weighted by atomic mass is 10.2. The highest BCUT2D eigenvalue weighted by Crippen LogP contribution is 2.14. The number of imidazole rings is 1. The standard InChI is InChI=1S/C28H39N11O9/c1-17-10-38(26(45)35-25(17)44)12-19(41)37(14-21(43)47-5)8-6-30-18(40)11-36(9-7-31-27(46)48-28(2,3)4)20(42)13-39-16-34-22-23(29)32-15-33-24(22)39/h10,15-16H,6-9,11-14H2,1-5H3,(H,30,40)(H,31,46)(H2,29,32,33)(H,35,44,45). The molecule has 260 valence electrons. The first-order chi connectivity index (χ1) is 22.6. The molecule has 0 aromatic carbocycles. The number of aromatic nitrogens is 6. The van der Waals surface area contributed by atoms with E-state index in [1.807, 2.05) is 0 Å². The molecule has 0 saturated carbocycles. The van der Waals surface area contributed by atoms with Gasteiger partial charge in [0.1, 0.15) is 37.1 Å². The van der Waals surface area contributed by atoms with E-state index in [1.54, 1.807) is 20.8 Å². The van der Waals surface area contributed by atoms with Crippen LogP contribution in [0.1, 0.15) is 26.3 Å². The van der Waals surface area contributed by atoms with E-state index in [0.29, 0.717) is 11.2 Å². The van der Waals surface area contributed by atoms with Crippen LogP contribution in [0.25, 0.3) is 11.2 Å². The number of aromatic amines is 1. The first-order valence-electron chi connectivity index (χ1n) is 14.7. The summed E-state index contributed by atoms with van der Waals surface area (Å²) in [6, 6.07) is 0. The highest BCUT2D eigenvalue weighted by Gasteiger charge is 2.23. The van der Waals surface area contributed by atoms with Gasteiger partial charge < -0.3 is 40.2 Å². The number of nitrogens with two attached hydrogens (primary N) is 1. The molecule has 3 rings (SSSR count). The fraction of sp³-hybridized carbons (Fsp3) is 0.500. The number of alkyl carbamates (subject to hydrolysis) is 1. The third-order valence-electron chi connectivity index (χ3n) is 6.57. The summed E-state index contributed by atoms with van der Waals surface area (Å²) in [6.45, 7) is 4.47. The molecular weight excluding hydrogens is 634 g/mol. The zero-order chi connectivity index (χ0) is 35.6. The predicted octanol–water partition coefficient (Wildman–Crippen LogP) is -2.26. The monoisotopic (exact) mass is 673 g/mol. The fourth-order valence-electron chi connectivity index (χ4n) is 4.21. The summed E-state index contributed by atoms with van der Waals surface area (Å²) in [6.07, 6.45) is 3.10. The highest BCUT2D eigenvalue weighted by atomic mass is 16.6. The van der Waals surface area contributed by atoms with Crippen molar-refractivity contribution in [3.63, 3.8) is 0 Å². The molecule has 48 heavy (non-hydrogen) atoms. The molecule has 0 unspecified atom stereocenters. The normalized spacial score (nSPS) is 11.1. The van der Waals surface area contributed by atoms with Crippen LogP contribution in [0.3, 0.4) is 0 Å². The Balaban J connectivity index is 1.67. The molecule has 0 spiro atoms. The van der Waals surface area contributed by atoms with E-state index in [1.165, 1.54) is 35.2 Å². The summed E-state index contributed by atoms with van der Waals surface area (Å²) >= 11 is 0. The van der Waals surface area contributed by atoms with E-state index in [4.69, 9.17) is 10.5 Å². The largest absolute Gasteiger partial charge is 0.468 e. The fourth-order valence-corrected chi connectivity index (χ4v) is 4.21. The summed E-state index contributed by atoms with van der Waals surface area (Å²) < 4.78 is 12.3. The molecule has 0 saturated heterocycles. The Kier molecular flexibility index (Phi) is 12.3. The number of H-pyrrole nitrogens is 1. The minimum atomic E-state index is -0.809. The van der Waals surface area contributed by atoms with Crippen LogP contribution >= 0.6 is 0 Å². The van der Waals surface area contributed by atoms with E-state index < -0.39 is 66.3 Å². The van der Waals surface area contributed by atoms with E-state index in [0.717, 1.165) is 16.6 Å². The van der Waals surface area contributed by atoms with Crippen LogP contribution in [0.4, 0.5) is 10.6 Å². The molecule has 20 heteroatoms. The maximum Gasteiger partial charge on any atom is 0.407 e. The number of ether oxygens (including phenoxy) is 2. The second kappa shape index (κ2) is 16.1. The van der Waals surface area contributed by atoms with Crippen molar-refractivity contribution in [3.8, 4) is 0 Å². The lowest BCUT2D eigenvalue weighted by Gasteiger charge is -2.25. The van der Waals surface area contributed by atoms with Crippen molar-refractivity contribution in [1.82, 2.24) is 49.5 Å². The number of nitrogen functional groups attached to an aromatic ring is 1. The molecule has 0 aliphatic rings. The number of carbonyl (C=O) groups excluding carboxylic acids is 5. The van der Waals surface area contributed by atoms with Crippen molar-refractivity contribution in [2.24, 2.45) is 0 Å². The number of nitrogens with one attached hydrogen (secondary N) is 3. The third kappa shape index (κ3) is 10.6. The Bertz CT molecular complexity index is 1770. The molecule has 3 aromatic rings. The van der Waals surface area contributed by atoms with Crippen molar-refractivity contribution in [3.05, 3.63) is 45.3 Å². The van der Waals surface area contributed by atoms with Gasteiger partial charge >= 0.3 is 17.8 Å². The molecular formula is C28H39N11O9. The summed E-state index contributed by atoms with van der Waals surface area (Å²) in [7, 11) is 1.14. The maximum absolute atomic E-state index is 13.4. The number of hydrogen-bond acceptors (Lipinski definition) is 13. The first kappa shape index (κ1) is 36.6. The summed E-state index contributed by atoms with van der Waals surface area (Å²) in [5.74, 6) is -2.40. The first-order valence-corrected chi connectivity index (χ1v) is 14.7. The second-order valence-corrected chi connectivity index (χ2v) is 11.5. The molecule has 0 bridgehead atoms. The van der Waals surface area contributed by atoms with Crippen LogP contribution in [0.2, 0.25) is 0 Å². The average molecular weight is 674 g/mol. The summed E-state index contributed by atoms with van der Waals surface area (Å²) in [5.41, 5.74) is 4.49. The Morgan fingerprint density at radius 1 is 0.938 bits per heavy atom. The minimum absolute atomic E-state index is 0.0429. The SMILES string of the molecule is COC(=O)CN(CCNC(=O)CN(CCNC(=O)OC(C)(C)C)C(=O)Cn1cnc2c(N)ncnc21)C(=O)Cn1cc(C)c(=O)[nH]c1=O. The zero-order valence-electron chi connectivity index (χ0n) is 27.3. The quantitative estimate of drug-likeness (QED) is 0.132. The third-order valence-corrected chi connectivity index (χ3v) is 6.57. The van der Waals surface area contributed by atoms with Gasteiger partial charge in [0, 0.05) is 37.9 Å². The van der Waals surface area contributed by atoms with Crippen molar-refractivity contribution < 1.29 is 33.4 Å². The van der Waals surface area contributed by atoms with Gasteiger partial charge in [-0.1, -0.05) is 0 Å². The Morgan fingerprint density at radius 3 is 2.21 bits per heavy atom. The number of fused-ring (bicyclic) bond motifs is 1. The van der Waals surface area contributed by atoms with Gasteiger partial charge in [-0.2, -0.15) is 0 Å². The molecule has 4 amide bonds. The maximum atomic E-state index is 13.4. The van der Waals surface area contributed by atoms with Crippen LogP contribution < -0.4 is 27.6 Å². The van der Waals surface area contributed by atoms with Crippen molar-refractivity contribution >= 4 is 46.8 Å². The summed E-state index contributed by atoms with van der Waals surface area (Å²) in [4.78, 5) is 104. The smallest absolute Gasteiger partial charge is 0.407 e. The number of esters is 1. The zero-order valence-corrected chi connectivity index (χ0v) is 27.3. The van der Waals surface area contributed by atoms with Gasteiger partial charge in [0.2, 0.25) is 17.7 Å². The Hall–Kier alpha value is -5.82. The number of rotatable bonds is 14. The van der Waals surface area contributed by atoms with Gasteiger partial charge in [0.15, 0.2) is 11.5 Å². The minimum Gasteiger partial charge on any atom is -0.468 e. The number of anilines is 1. The number of aryl methyl sites for hydroxylation is 1. The Labute approximate surface area is 273 Å². The topological polar surface area (TPSA) is 259 Å². The van der Waals surface area contributed by atoms with Crippen LogP contribution in [0.15, 0.2) is 28.4 Å². The Morgan fingerprint density at radius 2 is 1.56 bits per heavy atom. The molecule has 5 N–H and O–H groups in total. The molecule has 0 fully saturated rings. The number of methoxy groups -OCH3 is 1. The number of carbonyl (C=O) groups is 5. The van der Waals surface area contributed by atoms with Crippen LogP contribution in [0, 0.1) is 6.92 Å². The van der Waals surface area contributed by atoms with Gasteiger partial charge in [-0.3, -0.25) is 33.5 Å². The van der Waals surface area contributed by atoms with Crippen molar-refractivity contribution in [1.29, 1.82) is 0 Å². The van der Waals surface area contributed by atoms with E-state index in [-0.39, 0.29) is 44.1 Å². The lowest BCUT2D eigenvalue weighted by Crippen LogP contribution is -2.48. The highest BCUT2D eigenvalue weighted by molar-refractivity contribution is 5.87. The van der Waals surface area contributed by atoms with Crippen molar-refractivity contribution in [2.75, 3.05) is 52.1 Å². The van der Waals surface area contributed by atoms with Gasteiger partial charge in [-0.05, 0) is 27.7 Å². The molecule has 0 aliphatic heterocycles. The number of hydrogen-bond donors (Lipinski definition) is 4. The molecule has 0 aliphatic carbocycles. The molecule has 3 aromatic heterocycles. The van der Waals surface area contributed by atoms with Crippen LogP contribution in [-0.4, -0.2) is 121 Å². The van der Waals surface area contributed by atoms with Crippen LogP contribution in [-0.2, 0) is 41.7 Å². The number of amides is 4. The lowest BCUT2D eigenvalue weighted by molar-refractivity contribution is -0.147. The van der Waals surface area contributed by atoms with Crippen molar-refractivity contribution in [2.45, 2.75) is 46.4 Å². The predicted molar refractivity (Wildman–Crippen MR) is 168 cm³/mol. The molecule has 3 heterocycles. The van der Waals surface area contributed by atoms with Crippen LogP contribution in [0.5, 0.6) is 0 Å². The van der Waals surface area contributed by atoms with Gasteiger partial charge in [0.25, 0.3) is 5.56 Å². The van der Waals surface area contributed by atoms with E-state index >= 15 is 0 Å². The number of nitrogens with zero attached hydrogens (tertiary/aromatic N) is 7. The van der Waals surface area contributed by atoms with E-state index in [2.05, 4.69) is 35.3 Å². The average Bonchev–Trinajstić information content (AvgIpc) is 3.41.